The van der Waals surface area contributed by atoms with Crippen molar-refractivity contribution >= 4 is 22.6 Å². The number of rotatable bonds is 2. The van der Waals surface area contributed by atoms with Crippen LogP contribution in [0.1, 0.15) is 26.2 Å². The molecular formula is C7H14IN. The summed E-state index contributed by atoms with van der Waals surface area (Å²) < 4.78 is 0.479. The van der Waals surface area contributed by atoms with Crippen molar-refractivity contribution in [2.24, 2.45) is 11.7 Å². The Hall–Kier alpha value is 0.690. The van der Waals surface area contributed by atoms with Crippen LogP contribution in [0, 0.1) is 5.92 Å². The van der Waals surface area contributed by atoms with Crippen LogP contribution in [0.3, 0.4) is 0 Å². The first-order valence-corrected chi connectivity index (χ1v) is 4.70. The van der Waals surface area contributed by atoms with Crippen molar-refractivity contribution in [3.8, 4) is 0 Å². The first-order chi connectivity index (χ1) is 4.23. The lowest BCUT2D eigenvalue weighted by Gasteiger charge is -2.44. The fourth-order valence-corrected chi connectivity index (χ4v) is 2.56. The molecule has 0 aliphatic heterocycles. The van der Waals surface area contributed by atoms with Crippen molar-refractivity contribution in [1.29, 1.82) is 0 Å². The molecule has 9 heavy (non-hydrogen) atoms. The highest BCUT2D eigenvalue weighted by Gasteiger charge is 2.41. The second-order valence-corrected chi connectivity index (χ2v) is 5.03. The molecule has 1 unspecified atom stereocenters. The van der Waals surface area contributed by atoms with Crippen molar-refractivity contribution in [3.63, 3.8) is 0 Å². The van der Waals surface area contributed by atoms with E-state index in [4.69, 9.17) is 5.73 Å². The van der Waals surface area contributed by atoms with Gasteiger partial charge in [0.2, 0.25) is 0 Å². The normalized spacial score (nSPS) is 42.3. The number of halogens is 1. The van der Waals surface area contributed by atoms with E-state index in [1.807, 2.05) is 0 Å². The zero-order valence-corrected chi connectivity index (χ0v) is 8.02. The molecule has 0 aromatic heterocycles. The third-order valence-electron chi connectivity index (χ3n) is 2.47. The van der Waals surface area contributed by atoms with Crippen LogP contribution in [0.25, 0.3) is 0 Å². The fraction of sp³-hybridized carbons (Fsp3) is 1.00. The minimum Gasteiger partial charge on any atom is -0.329 e. The Labute approximate surface area is 70.5 Å². The maximum atomic E-state index is 5.63. The highest BCUT2D eigenvalue weighted by Crippen LogP contribution is 2.46. The minimum atomic E-state index is 0.479. The largest absolute Gasteiger partial charge is 0.329 e. The number of nitrogens with two attached hydrogens (primary N) is 1. The van der Waals surface area contributed by atoms with Crippen molar-refractivity contribution in [3.05, 3.63) is 0 Å². The van der Waals surface area contributed by atoms with Crippen LogP contribution in [-0.4, -0.2) is 9.97 Å². The lowest BCUT2D eigenvalue weighted by Crippen LogP contribution is -2.46. The summed E-state index contributed by atoms with van der Waals surface area (Å²) in [6.07, 6.45) is 4.04. The Morgan fingerprint density at radius 2 is 2.44 bits per heavy atom. The topological polar surface area (TPSA) is 26.0 Å². The van der Waals surface area contributed by atoms with Gasteiger partial charge in [0.1, 0.15) is 0 Å². The molecule has 1 rings (SSSR count). The molecule has 0 saturated heterocycles. The van der Waals surface area contributed by atoms with Gasteiger partial charge in [0.15, 0.2) is 0 Å². The maximum absolute atomic E-state index is 5.63. The van der Waals surface area contributed by atoms with Gasteiger partial charge in [-0.15, -0.1) is 0 Å². The van der Waals surface area contributed by atoms with E-state index in [0.29, 0.717) is 3.42 Å². The molecule has 1 aliphatic carbocycles. The van der Waals surface area contributed by atoms with E-state index in [9.17, 15) is 0 Å². The van der Waals surface area contributed by atoms with E-state index in [0.717, 1.165) is 12.5 Å². The van der Waals surface area contributed by atoms with Gasteiger partial charge < -0.3 is 5.73 Å². The smallest absolute Gasteiger partial charge is 0.0372 e. The summed E-state index contributed by atoms with van der Waals surface area (Å²) in [4.78, 5) is 0. The van der Waals surface area contributed by atoms with Crippen LogP contribution in [0.4, 0.5) is 0 Å². The van der Waals surface area contributed by atoms with Crippen molar-refractivity contribution in [1.82, 2.24) is 0 Å². The second-order valence-electron chi connectivity index (χ2n) is 2.88. The summed E-state index contributed by atoms with van der Waals surface area (Å²) in [5.41, 5.74) is 5.63. The summed E-state index contributed by atoms with van der Waals surface area (Å²) in [5.74, 6) is 0.906. The van der Waals surface area contributed by atoms with Crippen LogP contribution in [0.5, 0.6) is 0 Å². The van der Waals surface area contributed by atoms with Gasteiger partial charge in [0, 0.05) is 9.97 Å². The van der Waals surface area contributed by atoms with Crippen molar-refractivity contribution in [2.45, 2.75) is 29.6 Å². The Morgan fingerprint density at radius 3 is 2.56 bits per heavy atom. The van der Waals surface area contributed by atoms with Crippen LogP contribution in [0.2, 0.25) is 0 Å². The van der Waals surface area contributed by atoms with Crippen LogP contribution < -0.4 is 5.73 Å². The molecule has 2 N–H and O–H groups in total. The van der Waals surface area contributed by atoms with E-state index in [-0.39, 0.29) is 0 Å². The van der Waals surface area contributed by atoms with Gasteiger partial charge in [-0.1, -0.05) is 35.9 Å². The fourth-order valence-electron chi connectivity index (χ4n) is 1.50. The maximum Gasteiger partial charge on any atom is 0.0372 e. The van der Waals surface area contributed by atoms with Gasteiger partial charge in [-0.3, -0.25) is 0 Å². The predicted molar refractivity (Wildman–Crippen MR) is 48.8 cm³/mol. The number of alkyl halides is 1. The molecule has 0 heterocycles. The molecule has 0 amide bonds. The SMILES string of the molecule is CCC1CC[C@@]1(I)CN. The van der Waals surface area contributed by atoms with Gasteiger partial charge in [-0.25, -0.2) is 0 Å². The molecule has 0 aromatic carbocycles. The van der Waals surface area contributed by atoms with Crippen LogP contribution >= 0.6 is 22.6 Å². The van der Waals surface area contributed by atoms with Gasteiger partial charge >= 0.3 is 0 Å². The Morgan fingerprint density at radius 1 is 1.78 bits per heavy atom. The third-order valence-corrected chi connectivity index (χ3v) is 4.33. The Balaban J connectivity index is 2.41. The summed E-state index contributed by atoms with van der Waals surface area (Å²) in [5, 5.41) is 0. The Bertz CT molecular complexity index is 99.1. The van der Waals surface area contributed by atoms with Gasteiger partial charge in [0.25, 0.3) is 0 Å². The van der Waals surface area contributed by atoms with E-state index in [2.05, 4.69) is 29.5 Å². The molecule has 0 radical (unpaired) electrons. The van der Waals surface area contributed by atoms with E-state index < -0.39 is 0 Å². The minimum absolute atomic E-state index is 0.479. The molecule has 0 bridgehead atoms. The molecule has 0 aromatic rings. The van der Waals surface area contributed by atoms with E-state index in [1.165, 1.54) is 19.3 Å². The lowest BCUT2D eigenvalue weighted by molar-refractivity contribution is 0.233. The average molecular weight is 239 g/mol. The average Bonchev–Trinajstić information content (AvgIpc) is 1.85. The van der Waals surface area contributed by atoms with E-state index >= 15 is 0 Å². The molecule has 1 aliphatic rings. The summed E-state index contributed by atoms with van der Waals surface area (Å²) >= 11 is 2.53. The van der Waals surface area contributed by atoms with Crippen LogP contribution in [-0.2, 0) is 0 Å². The quantitative estimate of drug-likeness (QED) is 0.578. The van der Waals surface area contributed by atoms with Gasteiger partial charge in [0.05, 0.1) is 0 Å². The summed E-state index contributed by atoms with van der Waals surface area (Å²) in [7, 11) is 0. The third kappa shape index (κ3) is 1.24. The zero-order valence-electron chi connectivity index (χ0n) is 5.86. The molecule has 1 saturated carbocycles. The molecule has 1 nitrogen and oxygen atoms in total. The van der Waals surface area contributed by atoms with E-state index in [1.54, 1.807) is 0 Å². The first-order valence-electron chi connectivity index (χ1n) is 3.62. The van der Waals surface area contributed by atoms with Crippen LogP contribution in [0.15, 0.2) is 0 Å². The first kappa shape index (κ1) is 7.79. The zero-order chi connectivity index (χ0) is 6.91. The molecule has 2 atom stereocenters. The molecule has 54 valence electrons. The number of hydrogen-bond donors (Lipinski definition) is 1. The summed E-state index contributed by atoms with van der Waals surface area (Å²) in [6, 6.07) is 0. The second kappa shape index (κ2) is 2.74. The van der Waals surface area contributed by atoms with Crippen molar-refractivity contribution < 1.29 is 0 Å². The van der Waals surface area contributed by atoms with Gasteiger partial charge in [-0.05, 0) is 18.8 Å². The molecule has 0 spiro atoms. The summed E-state index contributed by atoms with van der Waals surface area (Å²) in [6.45, 7) is 3.12. The molecular weight excluding hydrogens is 225 g/mol. The lowest BCUT2D eigenvalue weighted by atomic mass is 9.72. The van der Waals surface area contributed by atoms with Gasteiger partial charge in [-0.2, -0.15) is 0 Å². The number of hydrogen-bond acceptors (Lipinski definition) is 1. The predicted octanol–water partition coefficient (Wildman–Crippen LogP) is 1.94. The molecule has 2 heteroatoms. The molecule has 1 fully saturated rings. The highest BCUT2D eigenvalue weighted by molar-refractivity contribution is 14.1. The monoisotopic (exact) mass is 239 g/mol. The Kier molecular flexibility index (Phi) is 2.37. The van der Waals surface area contributed by atoms with Crippen molar-refractivity contribution in [2.75, 3.05) is 6.54 Å². The highest BCUT2D eigenvalue weighted by atomic mass is 127. The standard InChI is InChI=1S/C7H14IN/c1-2-6-3-4-7(6,8)5-9/h6H,2-5,9H2,1H3/t6?,7-/m1/s1.